The minimum Gasteiger partial charge on any atom is -0.329 e. The Morgan fingerprint density at radius 1 is 1.70 bits per heavy atom. The Balaban J connectivity index is 3.16. The Hall–Kier alpha value is -0.700. The van der Waals surface area contributed by atoms with E-state index in [2.05, 4.69) is 17.6 Å². The van der Waals surface area contributed by atoms with Gasteiger partial charge >= 0.3 is 0 Å². The first-order valence-corrected chi connectivity index (χ1v) is 3.59. The van der Waals surface area contributed by atoms with E-state index in [1.807, 2.05) is 6.92 Å². The highest BCUT2D eigenvalue weighted by molar-refractivity contribution is 7.80. The van der Waals surface area contributed by atoms with Gasteiger partial charge in [-0.15, -0.1) is 0 Å². The van der Waals surface area contributed by atoms with Crippen molar-refractivity contribution in [2.75, 3.05) is 0 Å². The van der Waals surface area contributed by atoms with E-state index in [0.717, 1.165) is 0 Å². The van der Waals surface area contributed by atoms with Gasteiger partial charge < -0.3 is 4.98 Å². The number of rotatable bonds is 1. The van der Waals surface area contributed by atoms with E-state index >= 15 is 0 Å². The van der Waals surface area contributed by atoms with Gasteiger partial charge in [-0.2, -0.15) is 12.6 Å². The highest BCUT2D eigenvalue weighted by Crippen LogP contribution is 2.12. The molecule has 54 valence electrons. The van der Waals surface area contributed by atoms with Crippen LogP contribution in [0, 0.1) is 0 Å². The van der Waals surface area contributed by atoms with Crippen LogP contribution in [-0.2, 0) is 0 Å². The molecular formula is C7H9NOS. The number of H-pyrrole nitrogens is 1. The first kappa shape index (κ1) is 7.41. The number of aromatic amines is 1. The van der Waals surface area contributed by atoms with Crippen LogP contribution in [0.3, 0.4) is 0 Å². The molecule has 0 saturated heterocycles. The third-order valence-corrected chi connectivity index (χ3v) is 1.58. The van der Waals surface area contributed by atoms with Crippen LogP contribution >= 0.6 is 12.6 Å². The maximum atomic E-state index is 11.0. The minimum absolute atomic E-state index is 0.00458. The molecule has 0 spiro atoms. The SMILES string of the molecule is CC(S)c1ccc[nH]c1=O. The molecule has 1 heterocycles. The van der Waals surface area contributed by atoms with Gasteiger partial charge in [0.2, 0.25) is 0 Å². The van der Waals surface area contributed by atoms with Crippen LogP contribution in [0.25, 0.3) is 0 Å². The van der Waals surface area contributed by atoms with Crippen LogP contribution in [0.1, 0.15) is 17.7 Å². The van der Waals surface area contributed by atoms with Crippen molar-refractivity contribution >= 4 is 12.6 Å². The molecule has 1 aromatic rings. The molecule has 10 heavy (non-hydrogen) atoms. The van der Waals surface area contributed by atoms with E-state index in [4.69, 9.17) is 0 Å². The van der Waals surface area contributed by atoms with Gasteiger partial charge in [-0.05, 0) is 13.0 Å². The summed E-state index contributed by atoms with van der Waals surface area (Å²) in [5.74, 6) is 0. The van der Waals surface area contributed by atoms with Crippen LogP contribution in [0.5, 0.6) is 0 Å². The minimum atomic E-state index is -0.0509. The van der Waals surface area contributed by atoms with Crippen molar-refractivity contribution in [2.24, 2.45) is 0 Å². The lowest BCUT2D eigenvalue weighted by Crippen LogP contribution is -2.10. The molecule has 1 N–H and O–H groups in total. The highest BCUT2D eigenvalue weighted by atomic mass is 32.1. The number of nitrogens with one attached hydrogen (secondary N) is 1. The van der Waals surface area contributed by atoms with Gasteiger partial charge in [0.15, 0.2) is 0 Å². The Morgan fingerprint density at radius 2 is 2.40 bits per heavy atom. The van der Waals surface area contributed by atoms with Crippen LogP contribution < -0.4 is 5.56 Å². The molecule has 0 aromatic carbocycles. The molecule has 0 fully saturated rings. The summed E-state index contributed by atoms with van der Waals surface area (Å²) in [5.41, 5.74) is 0.663. The van der Waals surface area contributed by atoms with Gasteiger partial charge in [-0.1, -0.05) is 6.07 Å². The number of pyridine rings is 1. The second-order valence-electron chi connectivity index (χ2n) is 2.13. The first-order chi connectivity index (χ1) is 4.72. The van der Waals surface area contributed by atoms with Gasteiger partial charge in [-0.25, -0.2) is 0 Å². The molecule has 0 saturated carbocycles. The quantitative estimate of drug-likeness (QED) is 0.590. The molecule has 1 rings (SSSR count). The summed E-state index contributed by atoms with van der Waals surface area (Å²) in [7, 11) is 0. The summed E-state index contributed by atoms with van der Waals surface area (Å²) >= 11 is 4.14. The number of hydrogen-bond donors (Lipinski definition) is 2. The fourth-order valence-corrected chi connectivity index (χ4v) is 0.967. The second kappa shape index (κ2) is 2.92. The maximum Gasteiger partial charge on any atom is 0.252 e. The van der Waals surface area contributed by atoms with Crippen molar-refractivity contribution < 1.29 is 0 Å². The average molecular weight is 155 g/mol. The number of hydrogen-bond acceptors (Lipinski definition) is 2. The smallest absolute Gasteiger partial charge is 0.252 e. The third-order valence-electron chi connectivity index (χ3n) is 1.30. The zero-order valence-corrected chi connectivity index (χ0v) is 6.56. The van der Waals surface area contributed by atoms with Gasteiger partial charge in [0, 0.05) is 17.0 Å². The van der Waals surface area contributed by atoms with Crippen LogP contribution in [0.4, 0.5) is 0 Å². The molecule has 0 radical (unpaired) electrons. The summed E-state index contributed by atoms with van der Waals surface area (Å²) in [4.78, 5) is 13.5. The summed E-state index contributed by atoms with van der Waals surface area (Å²) < 4.78 is 0. The van der Waals surface area contributed by atoms with Crippen molar-refractivity contribution in [3.05, 3.63) is 34.2 Å². The van der Waals surface area contributed by atoms with Crippen molar-refractivity contribution in [1.29, 1.82) is 0 Å². The first-order valence-electron chi connectivity index (χ1n) is 3.07. The zero-order valence-electron chi connectivity index (χ0n) is 5.66. The van der Waals surface area contributed by atoms with E-state index in [1.165, 1.54) is 0 Å². The Bertz CT molecular complexity index is 266. The van der Waals surface area contributed by atoms with Gasteiger partial charge in [-0.3, -0.25) is 4.79 Å². The summed E-state index contributed by atoms with van der Waals surface area (Å²) in [6.07, 6.45) is 1.61. The van der Waals surface area contributed by atoms with Crippen molar-refractivity contribution in [3.8, 4) is 0 Å². The second-order valence-corrected chi connectivity index (χ2v) is 2.91. The molecule has 0 aliphatic heterocycles. The van der Waals surface area contributed by atoms with Crippen molar-refractivity contribution in [1.82, 2.24) is 4.98 Å². The zero-order chi connectivity index (χ0) is 7.56. The molecule has 0 bridgehead atoms. The number of thiol groups is 1. The molecule has 0 aliphatic carbocycles. The average Bonchev–Trinajstić information content (AvgIpc) is 1.88. The molecular weight excluding hydrogens is 146 g/mol. The fraction of sp³-hybridized carbons (Fsp3) is 0.286. The Labute approximate surface area is 64.7 Å². The maximum absolute atomic E-state index is 11.0. The van der Waals surface area contributed by atoms with Gasteiger partial charge in [0.05, 0.1) is 0 Å². The fourth-order valence-electron chi connectivity index (χ4n) is 0.764. The van der Waals surface area contributed by atoms with Gasteiger partial charge in [0.1, 0.15) is 0 Å². The molecule has 3 heteroatoms. The predicted molar refractivity (Wildman–Crippen MR) is 44.5 cm³/mol. The third kappa shape index (κ3) is 1.42. The van der Waals surface area contributed by atoms with E-state index in [9.17, 15) is 4.79 Å². The molecule has 0 aliphatic rings. The van der Waals surface area contributed by atoms with Crippen molar-refractivity contribution in [3.63, 3.8) is 0 Å². The monoisotopic (exact) mass is 155 g/mol. The molecule has 0 amide bonds. The van der Waals surface area contributed by atoms with E-state index in [0.29, 0.717) is 5.56 Å². The van der Waals surface area contributed by atoms with Crippen LogP contribution in [0.2, 0.25) is 0 Å². The van der Waals surface area contributed by atoms with Crippen LogP contribution in [0.15, 0.2) is 23.1 Å². The molecule has 1 atom stereocenters. The van der Waals surface area contributed by atoms with E-state index in [-0.39, 0.29) is 10.8 Å². The topological polar surface area (TPSA) is 32.9 Å². The molecule has 2 nitrogen and oxygen atoms in total. The molecule has 1 aromatic heterocycles. The van der Waals surface area contributed by atoms with Crippen molar-refractivity contribution in [2.45, 2.75) is 12.2 Å². The highest BCUT2D eigenvalue weighted by Gasteiger charge is 2.01. The standard InChI is InChI=1S/C7H9NOS/c1-5(10)6-3-2-4-8-7(6)9/h2-5,10H,1H3,(H,8,9). The lowest BCUT2D eigenvalue weighted by Gasteiger charge is -1.99. The Morgan fingerprint density at radius 3 is 2.80 bits per heavy atom. The summed E-state index contributed by atoms with van der Waals surface area (Å²) in [6.45, 7) is 1.87. The Kier molecular flexibility index (Phi) is 2.17. The lowest BCUT2D eigenvalue weighted by molar-refractivity contribution is 1.04. The van der Waals surface area contributed by atoms with E-state index < -0.39 is 0 Å². The predicted octanol–water partition coefficient (Wildman–Crippen LogP) is 1.37. The molecule has 1 unspecified atom stereocenters. The van der Waals surface area contributed by atoms with Gasteiger partial charge in [0.25, 0.3) is 5.56 Å². The largest absolute Gasteiger partial charge is 0.329 e. The normalized spacial score (nSPS) is 13.0. The summed E-state index contributed by atoms with van der Waals surface area (Å²) in [5, 5.41) is 0.00458. The summed E-state index contributed by atoms with van der Waals surface area (Å²) in [6, 6.07) is 3.57. The number of aromatic nitrogens is 1. The van der Waals surface area contributed by atoms with E-state index in [1.54, 1.807) is 18.3 Å². The lowest BCUT2D eigenvalue weighted by atomic mass is 10.2. The van der Waals surface area contributed by atoms with Crippen LogP contribution in [-0.4, -0.2) is 4.98 Å².